The standard InChI is InChI=1S/C17H29BO2SSi/c1-13-9-11-14(12-10-13)21-15(22(6,7)8)18-19-16(2,3)17(4,5)20-18/h9-12,15H,1-8H3. The lowest BCUT2D eigenvalue weighted by molar-refractivity contribution is 0.00578. The van der Waals surface area contributed by atoms with Gasteiger partial charge in [-0.15, -0.1) is 11.8 Å². The van der Waals surface area contributed by atoms with Gasteiger partial charge < -0.3 is 9.31 Å². The van der Waals surface area contributed by atoms with Gasteiger partial charge in [0.2, 0.25) is 0 Å². The minimum absolute atomic E-state index is 0.136. The lowest BCUT2D eigenvalue weighted by Gasteiger charge is -2.32. The number of benzene rings is 1. The predicted molar refractivity (Wildman–Crippen MR) is 100 cm³/mol. The summed E-state index contributed by atoms with van der Waals surface area (Å²) in [7, 11) is -1.60. The van der Waals surface area contributed by atoms with Gasteiger partial charge in [-0.25, -0.2) is 0 Å². The van der Waals surface area contributed by atoms with Crippen LogP contribution in [0.1, 0.15) is 33.3 Å². The van der Waals surface area contributed by atoms with Gasteiger partial charge in [0.05, 0.1) is 19.3 Å². The Bertz CT molecular complexity index is 506. The van der Waals surface area contributed by atoms with E-state index in [1.165, 1.54) is 10.5 Å². The molecule has 1 aromatic rings. The van der Waals surface area contributed by atoms with Crippen LogP contribution in [0.4, 0.5) is 0 Å². The molecule has 0 aromatic heterocycles. The summed E-state index contributed by atoms with van der Waals surface area (Å²) in [4.78, 5) is 1.30. The molecule has 0 radical (unpaired) electrons. The lowest BCUT2D eigenvalue weighted by Crippen LogP contribution is -2.48. The zero-order chi connectivity index (χ0) is 16.8. The quantitative estimate of drug-likeness (QED) is 0.572. The molecule has 1 heterocycles. The Labute approximate surface area is 141 Å². The molecule has 0 saturated carbocycles. The van der Waals surface area contributed by atoms with Gasteiger partial charge >= 0.3 is 7.12 Å². The second kappa shape index (κ2) is 6.01. The number of hydrogen-bond donors (Lipinski definition) is 0. The fourth-order valence-electron chi connectivity index (χ4n) is 2.42. The van der Waals surface area contributed by atoms with Crippen molar-refractivity contribution in [1.82, 2.24) is 0 Å². The molecule has 0 spiro atoms. The van der Waals surface area contributed by atoms with Crippen LogP contribution in [-0.2, 0) is 9.31 Å². The molecule has 1 aliphatic rings. The van der Waals surface area contributed by atoms with E-state index in [0.717, 1.165) is 0 Å². The van der Waals surface area contributed by atoms with Gasteiger partial charge in [-0.05, 0) is 46.8 Å². The van der Waals surface area contributed by atoms with Gasteiger partial charge in [0.1, 0.15) is 0 Å². The van der Waals surface area contributed by atoms with Crippen LogP contribution in [0.15, 0.2) is 29.2 Å². The van der Waals surface area contributed by atoms with Crippen molar-refractivity contribution >= 4 is 27.0 Å². The molecular formula is C17H29BO2SSi. The first-order chi connectivity index (χ1) is 9.92. The summed E-state index contributed by atoms with van der Waals surface area (Å²) < 4.78 is 13.1. The third-order valence-electron chi connectivity index (χ3n) is 4.66. The molecule has 1 fully saturated rings. The number of thioether (sulfide) groups is 1. The van der Waals surface area contributed by atoms with Crippen LogP contribution in [0.25, 0.3) is 0 Å². The SMILES string of the molecule is Cc1ccc(SC(B2OC(C)(C)C(C)(C)O2)[Si](C)(C)C)cc1. The Morgan fingerprint density at radius 1 is 0.955 bits per heavy atom. The summed E-state index contributed by atoms with van der Waals surface area (Å²) >= 11 is 1.91. The van der Waals surface area contributed by atoms with Crippen molar-refractivity contribution in [3.05, 3.63) is 29.8 Å². The van der Waals surface area contributed by atoms with Gasteiger partial charge in [0.25, 0.3) is 0 Å². The maximum Gasteiger partial charge on any atom is 0.469 e. The highest BCUT2D eigenvalue weighted by Crippen LogP contribution is 2.42. The van der Waals surface area contributed by atoms with Crippen molar-refractivity contribution in [3.63, 3.8) is 0 Å². The summed E-state index contributed by atoms with van der Waals surface area (Å²) in [6.45, 7) is 17.8. The Balaban J connectivity index is 2.23. The molecule has 5 heteroatoms. The summed E-state index contributed by atoms with van der Waals surface area (Å²) in [6.07, 6.45) is 0. The molecule has 1 atom stereocenters. The van der Waals surface area contributed by atoms with E-state index >= 15 is 0 Å². The van der Waals surface area contributed by atoms with Crippen LogP contribution in [0, 0.1) is 6.92 Å². The Kier molecular flexibility index (Phi) is 4.94. The highest BCUT2D eigenvalue weighted by Gasteiger charge is 2.56. The van der Waals surface area contributed by atoms with Gasteiger partial charge in [-0.2, -0.15) is 0 Å². The summed E-state index contributed by atoms with van der Waals surface area (Å²) in [5, 5.41) is 0. The van der Waals surface area contributed by atoms with Crippen molar-refractivity contribution in [2.24, 2.45) is 0 Å². The molecule has 1 aliphatic heterocycles. The molecule has 22 heavy (non-hydrogen) atoms. The number of hydrogen-bond acceptors (Lipinski definition) is 3. The van der Waals surface area contributed by atoms with Gasteiger partial charge in [-0.1, -0.05) is 37.3 Å². The molecule has 122 valence electrons. The average Bonchev–Trinajstić information content (AvgIpc) is 2.55. The number of rotatable bonds is 4. The van der Waals surface area contributed by atoms with Gasteiger partial charge in [-0.3, -0.25) is 0 Å². The van der Waals surface area contributed by atoms with E-state index in [4.69, 9.17) is 9.31 Å². The molecule has 0 amide bonds. The van der Waals surface area contributed by atoms with Crippen molar-refractivity contribution in [3.8, 4) is 0 Å². The molecule has 0 aliphatic carbocycles. The van der Waals surface area contributed by atoms with Crippen molar-refractivity contribution in [1.29, 1.82) is 0 Å². The molecule has 1 aromatic carbocycles. The van der Waals surface area contributed by atoms with Crippen LogP contribution in [0.2, 0.25) is 19.6 Å². The second-order valence-corrected chi connectivity index (χ2v) is 15.3. The van der Waals surface area contributed by atoms with Gasteiger partial charge in [0.15, 0.2) is 0 Å². The fourth-order valence-corrected chi connectivity index (χ4v) is 6.00. The second-order valence-electron chi connectivity index (χ2n) is 8.34. The smallest absolute Gasteiger partial charge is 0.403 e. The normalized spacial score (nSPS) is 21.9. The Morgan fingerprint density at radius 3 is 1.82 bits per heavy atom. The van der Waals surface area contributed by atoms with E-state index in [2.05, 4.69) is 78.5 Å². The highest BCUT2D eigenvalue weighted by molar-refractivity contribution is 8.03. The largest absolute Gasteiger partial charge is 0.469 e. The minimum atomic E-state index is -1.46. The first-order valence-corrected chi connectivity index (χ1v) is 12.5. The summed E-state index contributed by atoms with van der Waals surface area (Å²) in [6, 6.07) is 8.76. The maximum absolute atomic E-state index is 6.34. The molecule has 0 N–H and O–H groups in total. The van der Waals surface area contributed by atoms with Crippen LogP contribution >= 0.6 is 11.8 Å². The molecule has 1 saturated heterocycles. The first-order valence-electron chi connectivity index (χ1n) is 8.01. The zero-order valence-corrected chi connectivity index (χ0v) is 17.0. The van der Waals surface area contributed by atoms with Crippen LogP contribution in [0.5, 0.6) is 0 Å². The zero-order valence-electron chi connectivity index (χ0n) is 15.2. The van der Waals surface area contributed by atoms with Gasteiger partial charge in [0, 0.05) is 9.67 Å². The fraction of sp³-hybridized carbons (Fsp3) is 0.647. The van der Waals surface area contributed by atoms with Crippen LogP contribution in [-0.4, -0.2) is 31.2 Å². The first kappa shape index (κ1) is 18.1. The Hall–Kier alpha value is -0.228. The van der Waals surface area contributed by atoms with E-state index in [0.29, 0.717) is 4.77 Å². The van der Waals surface area contributed by atoms with E-state index in [1.54, 1.807) is 0 Å². The monoisotopic (exact) mass is 336 g/mol. The molecule has 2 rings (SSSR count). The highest BCUT2D eigenvalue weighted by atomic mass is 32.2. The van der Waals surface area contributed by atoms with Crippen molar-refractivity contribution in [2.75, 3.05) is 0 Å². The van der Waals surface area contributed by atoms with Crippen LogP contribution in [0.3, 0.4) is 0 Å². The van der Waals surface area contributed by atoms with E-state index < -0.39 is 8.07 Å². The van der Waals surface area contributed by atoms with E-state index in [9.17, 15) is 0 Å². The summed E-state index contributed by atoms with van der Waals surface area (Å²) in [5.74, 6) is 0. The third kappa shape index (κ3) is 3.81. The summed E-state index contributed by atoms with van der Waals surface area (Å²) in [5.41, 5.74) is 0.775. The van der Waals surface area contributed by atoms with E-state index in [-0.39, 0.29) is 18.3 Å². The Morgan fingerprint density at radius 2 is 1.41 bits per heavy atom. The predicted octanol–water partition coefficient (Wildman–Crippen LogP) is 4.96. The molecule has 1 unspecified atom stereocenters. The molecular weight excluding hydrogens is 307 g/mol. The van der Waals surface area contributed by atoms with E-state index in [1.807, 2.05) is 11.8 Å². The average molecular weight is 336 g/mol. The minimum Gasteiger partial charge on any atom is -0.403 e. The molecule has 0 bridgehead atoms. The third-order valence-corrected chi connectivity index (χ3v) is 10.1. The van der Waals surface area contributed by atoms with Crippen molar-refractivity contribution in [2.45, 2.75) is 75.1 Å². The topological polar surface area (TPSA) is 18.5 Å². The lowest BCUT2D eigenvalue weighted by atomic mass is 9.90. The molecule has 2 nitrogen and oxygen atoms in total. The maximum atomic E-state index is 6.34. The van der Waals surface area contributed by atoms with Crippen LogP contribution < -0.4 is 0 Å². The van der Waals surface area contributed by atoms with Crippen molar-refractivity contribution < 1.29 is 9.31 Å². The number of aryl methyl sites for hydroxylation is 1.